The molecule has 1 saturated heterocycles. The van der Waals surface area contributed by atoms with E-state index in [1.807, 2.05) is 0 Å². The molecule has 4 heteroatoms. The number of ether oxygens (including phenoxy) is 1. The van der Waals surface area contributed by atoms with E-state index in [0.29, 0.717) is 25.0 Å². The third-order valence-corrected chi connectivity index (χ3v) is 3.99. The van der Waals surface area contributed by atoms with Gasteiger partial charge in [-0.1, -0.05) is 6.92 Å². The van der Waals surface area contributed by atoms with Gasteiger partial charge in [0.05, 0.1) is 5.54 Å². The molecular formula is C11H18ClNO2. The minimum Gasteiger partial charge on any atom is -0.381 e. The van der Waals surface area contributed by atoms with Crippen molar-refractivity contribution < 1.29 is 9.53 Å². The van der Waals surface area contributed by atoms with Gasteiger partial charge in [0.25, 0.3) is 0 Å². The third kappa shape index (κ3) is 2.45. The summed E-state index contributed by atoms with van der Waals surface area (Å²) in [5.74, 6) is 1.14. The van der Waals surface area contributed by atoms with Crippen LogP contribution in [0.25, 0.3) is 0 Å². The molecule has 2 fully saturated rings. The van der Waals surface area contributed by atoms with Gasteiger partial charge in [0.15, 0.2) is 0 Å². The maximum Gasteiger partial charge on any atom is 0.224 e. The Kier molecular flexibility index (Phi) is 3.21. The summed E-state index contributed by atoms with van der Waals surface area (Å²) >= 11 is 5.84. The Morgan fingerprint density at radius 2 is 2.33 bits per heavy atom. The lowest BCUT2D eigenvalue weighted by atomic mass is 9.89. The van der Waals surface area contributed by atoms with Gasteiger partial charge in [0.1, 0.15) is 0 Å². The van der Waals surface area contributed by atoms with Crippen LogP contribution in [0.3, 0.4) is 0 Å². The van der Waals surface area contributed by atoms with Crippen molar-refractivity contribution in [2.24, 2.45) is 11.8 Å². The highest BCUT2D eigenvalue weighted by molar-refractivity contribution is 6.19. The summed E-state index contributed by atoms with van der Waals surface area (Å²) in [5, 5.41) is 3.09. The number of amides is 1. The quantitative estimate of drug-likeness (QED) is 0.749. The van der Waals surface area contributed by atoms with Gasteiger partial charge in [0.2, 0.25) is 5.91 Å². The average molecular weight is 232 g/mol. The second-order valence-electron chi connectivity index (χ2n) is 4.85. The van der Waals surface area contributed by atoms with Crippen LogP contribution in [-0.2, 0) is 9.53 Å². The molecule has 0 spiro atoms. The molecule has 1 amide bonds. The number of carbonyl (C=O) groups excluding carboxylic acids is 1. The number of nitrogens with one attached hydrogen (secondary N) is 1. The van der Waals surface area contributed by atoms with Gasteiger partial charge < -0.3 is 10.1 Å². The van der Waals surface area contributed by atoms with Gasteiger partial charge >= 0.3 is 0 Å². The molecule has 0 aromatic rings. The van der Waals surface area contributed by atoms with E-state index in [4.69, 9.17) is 16.3 Å². The molecule has 1 heterocycles. The summed E-state index contributed by atoms with van der Waals surface area (Å²) in [4.78, 5) is 12.0. The van der Waals surface area contributed by atoms with Crippen molar-refractivity contribution in [2.75, 3.05) is 19.1 Å². The average Bonchev–Trinajstić information content (AvgIpc) is 2.99. The number of halogens is 1. The van der Waals surface area contributed by atoms with E-state index in [9.17, 15) is 4.79 Å². The fourth-order valence-electron chi connectivity index (χ4n) is 2.07. The molecule has 3 nitrogen and oxygen atoms in total. The minimum atomic E-state index is -0.0728. The third-order valence-electron chi connectivity index (χ3n) is 3.48. The van der Waals surface area contributed by atoms with Gasteiger partial charge in [-0.3, -0.25) is 4.79 Å². The Balaban J connectivity index is 1.89. The Morgan fingerprint density at radius 3 is 2.87 bits per heavy atom. The molecule has 1 aliphatic heterocycles. The van der Waals surface area contributed by atoms with Crippen molar-refractivity contribution in [3.63, 3.8) is 0 Å². The van der Waals surface area contributed by atoms with E-state index in [2.05, 4.69) is 12.2 Å². The fourth-order valence-corrected chi connectivity index (χ4v) is 2.40. The lowest BCUT2D eigenvalue weighted by molar-refractivity contribution is -0.131. The zero-order chi connectivity index (χ0) is 10.9. The van der Waals surface area contributed by atoms with Crippen LogP contribution in [-0.4, -0.2) is 30.5 Å². The lowest BCUT2D eigenvalue weighted by Crippen LogP contribution is -2.45. The van der Waals surface area contributed by atoms with Crippen LogP contribution in [0.2, 0.25) is 0 Å². The summed E-state index contributed by atoms with van der Waals surface area (Å²) in [7, 11) is 0. The Hall–Kier alpha value is -0.280. The Bertz CT molecular complexity index is 253. The maximum absolute atomic E-state index is 12.0. The van der Waals surface area contributed by atoms with E-state index in [-0.39, 0.29) is 17.4 Å². The number of rotatable bonds is 3. The number of hydrogen-bond acceptors (Lipinski definition) is 2. The highest BCUT2D eigenvalue weighted by Gasteiger charge is 2.44. The molecule has 0 bridgehead atoms. The highest BCUT2D eigenvalue weighted by Crippen LogP contribution is 2.37. The Labute approximate surface area is 95.5 Å². The zero-order valence-corrected chi connectivity index (χ0v) is 9.85. The molecule has 0 aromatic carbocycles. The monoisotopic (exact) mass is 231 g/mol. The summed E-state index contributed by atoms with van der Waals surface area (Å²) in [6.07, 6.45) is 2.89. The summed E-state index contributed by atoms with van der Waals surface area (Å²) in [5.41, 5.74) is -0.0728. The first-order valence-electron chi connectivity index (χ1n) is 5.63. The SMILES string of the molecule is CC1COCCC1C(=O)NC1(CCl)CC1. The zero-order valence-electron chi connectivity index (χ0n) is 9.09. The predicted molar refractivity (Wildman–Crippen MR) is 58.9 cm³/mol. The van der Waals surface area contributed by atoms with Crippen LogP contribution in [0.4, 0.5) is 0 Å². The fraction of sp³-hybridized carbons (Fsp3) is 0.909. The second kappa shape index (κ2) is 4.30. The first-order valence-corrected chi connectivity index (χ1v) is 6.16. The van der Waals surface area contributed by atoms with Crippen molar-refractivity contribution in [2.45, 2.75) is 31.7 Å². The molecule has 2 aliphatic rings. The molecular weight excluding hydrogens is 214 g/mol. The molecule has 86 valence electrons. The van der Waals surface area contributed by atoms with Gasteiger partial charge in [-0.15, -0.1) is 11.6 Å². The standard InChI is InChI=1S/C11H18ClNO2/c1-8-6-15-5-2-9(8)10(14)13-11(7-12)3-4-11/h8-9H,2-7H2,1H3,(H,13,14). The largest absolute Gasteiger partial charge is 0.381 e. The Morgan fingerprint density at radius 1 is 1.60 bits per heavy atom. The van der Waals surface area contributed by atoms with E-state index in [0.717, 1.165) is 19.3 Å². The molecule has 1 saturated carbocycles. The van der Waals surface area contributed by atoms with Crippen LogP contribution in [0, 0.1) is 11.8 Å². The van der Waals surface area contributed by atoms with Crippen molar-refractivity contribution in [3.05, 3.63) is 0 Å². The molecule has 0 radical (unpaired) electrons. The normalized spacial score (nSPS) is 33.5. The number of carbonyl (C=O) groups is 1. The summed E-state index contributed by atoms with van der Waals surface area (Å²) in [6.45, 7) is 3.48. The van der Waals surface area contributed by atoms with Gasteiger partial charge in [-0.2, -0.15) is 0 Å². The first-order chi connectivity index (χ1) is 7.17. The van der Waals surface area contributed by atoms with Crippen molar-refractivity contribution in [1.82, 2.24) is 5.32 Å². The number of hydrogen-bond donors (Lipinski definition) is 1. The molecule has 1 N–H and O–H groups in total. The smallest absolute Gasteiger partial charge is 0.224 e. The van der Waals surface area contributed by atoms with Crippen molar-refractivity contribution in [3.8, 4) is 0 Å². The number of alkyl halides is 1. The van der Waals surface area contributed by atoms with E-state index >= 15 is 0 Å². The predicted octanol–water partition coefficient (Wildman–Crippen LogP) is 1.55. The maximum atomic E-state index is 12.0. The van der Waals surface area contributed by atoms with E-state index in [1.165, 1.54) is 0 Å². The van der Waals surface area contributed by atoms with Crippen LogP contribution in [0.5, 0.6) is 0 Å². The van der Waals surface area contributed by atoms with Gasteiger partial charge in [0, 0.05) is 25.0 Å². The van der Waals surface area contributed by atoms with Crippen LogP contribution >= 0.6 is 11.6 Å². The van der Waals surface area contributed by atoms with Crippen LogP contribution in [0.1, 0.15) is 26.2 Å². The highest BCUT2D eigenvalue weighted by atomic mass is 35.5. The lowest BCUT2D eigenvalue weighted by Gasteiger charge is -2.29. The minimum absolute atomic E-state index is 0.0728. The second-order valence-corrected chi connectivity index (χ2v) is 5.12. The van der Waals surface area contributed by atoms with Gasteiger partial charge in [-0.25, -0.2) is 0 Å². The molecule has 2 unspecified atom stereocenters. The molecule has 2 rings (SSSR count). The van der Waals surface area contributed by atoms with Crippen LogP contribution in [0.15, 0.2) is 0 Å². The van der Waals surface area contributed by atoms with Crippen LogP contribution < -0.4 is 5.32 Å². The molecule has 15 heavy (non-hydrogen) atoms. The van der Waals surface area contributed by atoms with E-state index < -0.39 is 0 Å². The van der Waals surface area contributed by atoms with Crippen molar-refractivity contribution in [1.29, 1.82) is 0 Å². The first kappa shape index (κ1) is 11.2. The summed E-state index contributed by atoms with van der Waals surface area (Å²) in [6, 6.07) is 0. The molecule has 0 aromatic heterocycles. The van der Waals surface area contributed by atoms with E-state index in [1.54, 1.807) is 0 Å². The topological polar surface area (TPSA) is 38.3 Å². The molecule has 1 aliphatic carbocycles. The van der Waals surface area contributed by atoms with Gasteiger partial charge in [-0.05, 0) is 25.2 Å². The summed E-state index contributed by atoms with van der Waals surface area (Å²) < 4.78 is 5.33. The van der Waals surface area contributed by atoms with Crippen molar-refractivity contribution >= 4 is 17.5 Å². The molecule has 2 atom stereocenters.